The molecular formula is C19H18ClN3O3S. The van der Waals surface area contributed by atoms with Gasteiger partial charge < -0.3 is 15.4 Å². The molecule has 0 spiro atoms. The molecule has 0 saturated carbocycles. The normalized spacial score (nSPS) is 17.6. The Balaban J connectivity index is 1.58. The van der Waals surface area contributed by atoms with Crippen LogP contribution in [0.25, 0.3) is 0 Å². The second-order valence-corrected chi connectivity index (χ2v) is 7.36. The van der Waals surface area contributed by atoms with Gasteiger partial charge in [0.1, 0.15) is 11.0 Å². The molecule has 2 amide bonds. The zero-order valence-electron chi connectivity index (χ0n) is 14.6. The zero-order chi connectivity index (χ0) is 19.2. The maximum atomic E-state index is 12.2. The van der Waals surface area contributed by atoms with Crippen molar-refractivity contribution in [1.82, 2.24) is 5.32 Å². The standard InChI is InChI=1S/C19H18ClN3O3S/c1-26-15-9-5-2-6-12(15)11-21-19-23-18(25)16(27-19)10-17(24)22-14-8-4-3-7-13(14)20/h2-9,16H,10-11H2,1H3,(H,22,24)(H,21,23,25). The number of rotatable bonds is 6. The van der Waals surface area contributed by atoms with E-state index in [-0.39, 0.29) is 18.2 Å². The number of thioether (sulfide) groups is 1. The average molecular weight is 404 g/mol. The van der Waals surface area contributed by atoms with Gasteiger partial charge in [0.15, 0.2) is 5.17 Å². The van der Waals surface area contributed by atoms with Gasteiger partial charge in [-0.3, -0.25) is 14.6 Å². The van der Waals surface area contributed by atoms with E-state index >= 15 is 0 Å². The quantitative estimate of drug-likeness (QED) is 0.774. The summed E-state index contributed by atoms with van der Waals surface area (Å²) in [6.45, 7) is 0.380. The molecule has 2 N–H and O–H groups in total. The number of aliphatic imine (C=N–C) groups is 1. The minimum absolute atomic E-state index is 0.0371. The van der Waals surface area contributed by atoms with Gasteiger partial charge in [-0.15, -0.1) is 0 Å². The summed E-state index contributed by atoms with van der Waals surface area (Å²) in [5.41, 5.74) is 1.44. The summed E-state index contributed by atoms with van der Waals surface area (Å²) < 4.78 is 5.29. The number of benzene rings is 2. The summed E-state index contributed by atoms with van der Waals surface area (Å²) in [6, 6.07) is 14.5. The molecule has 1 heterocycles. The fourth-order valence-electron chi connectivity index (χ4n) is 2.54. The SMILES string of the molecule is COc1ccccc1CN=C1NC(=O)C(CC(=O)Nc2ccccc2Cl)S1. The molecule has 0 aliphatic carbocycles. The number of carbonyl (C=O) groups is 2. The van der Waals surface area contributed by atoms with Crippen LogP contribution in [-0.4, -0.2) is 29.3 Å². The number of carbonyl (C=O) groups excluding carboxylic acids is 2. The van der Waals surface area contributed by atoms with Gasteiger partial charge in [0.2, 0.25) is 11.8 Å². The Morgan fingerprint density at radius 3 is 2.78 bits per heavy atom. The van der Waals surface area contributed by atoms with Crippen molar-refractivity contribution in [3.05, 3.63) is 59.1 Å². The number of hydrogen-bond donors (Lipinski definition) is 2. The number of amidine groups is 1. The molecule has 6 nitrogen and oxygen atoms in total. The number of halogens is 1. The highest BCUT2D eigenvalue weighted by atomic mass is 35.5. The molecule has 1 saturated heterocycles. The van der Waals surface area contributed by atoms with Crippen molar-refractivity contribution in [2.24, 2.45) is 4.99 Å². The van der Waals surface area contributed by atoms with E-state index in [2.05, 4.69) is 15.6 Å². The lowest BCUT2D eigenvalue weighted by atomic mass is 10.2. The molecule has 2 aromatic rings. The smallest absolute Gasteiger partial charge is 0.240 e. The summed E-state index contributed by atoms with van der Waals surface area (Å²) in [4.78, 5) is 28.8. The molecule has 140 valence electrons. The maximum Gasteiger partial charge on any atom is 0.240 e. The molecule has 1 aliphatic rings. The fraction of sp³-hybridized carbons (Fsp3) is 0.211. The monoisotopic (exact) mass is 403 g/mol. The number of nitrogens with zero attached hydrogens (tertiary/aromatic N) is 1. The highest BCUT2D eigenvalue weighted by Gasteiger charge is 2.32. The van der Waals surface area contributed by atoms with Gasteiger partial charge >= 0.3 is 0 Å². The lowest BCUT2D eigenvalue weighted by Gasteiger charge is -2.08. The van der Waals surface area contributed by atoms with Crippen molar-refractivity contribution in [3.8, 4) is 5.75 Å². The van der Waals surface area contributed by atoms with Gasteiger partial charge in [0, 0.05) is 12.0 Å². The van der Waals surface area contributed by atoms with Crippen LogP contribution in [0.1, 0.15) is 12.0 Å². The van der Waals surface area contributed by atoms with Gasteiger partial charge in [-0.2, -0.15) is 0 Å². The summed E-state index contributed by atoms with van der Waals surface area (Å²) >= 11 is 7.28. The summed E-state index contributed by atoms with van der Waals surface area (Å²) in [6.07, 6.45) is 0.0371. The number of nitrogens with one attached hydrogen (secondary N) is 2. The van der Waals surface area contributed by atoms with E-state index in [1.165, 1.54) is 11.8 Å². The Morgan fingerprint density at radius 1 is 1.26 bits per heavy atom. The van der Waals surface area contributed by atoms with E-state index in [1.807, 2.05) is 24.3 Å². The van der Waals surface area contributed by atoms with Crippen molar-refractivity contribution >= 4 is 46.0 Å². The van der Waals surface area contributed by atoms with Crippen molar-refractivity contribution in [2.45, 2.75) is 18.2 Å². The second kappa shape index (κ2) is 8.92. The number of methoxy groups -OCH3 is 1. The summed E-state index contributed by atoms with van der Waals surface area (Å²) in [7, 11) is 1.60. The third-order valence-electron chi connectivity index (χ3n) is 3.88. The molecule has 3 rings (SSSR count). The van der Waals surface area contributed by atoms with Crippen molar-refractivity contribution in [1.29, 1.82) is 0 Å². The Hall–Kier alpha value is -2.51. The number of anilines is 1. The van der Waals surface area contributed by atoms with E-state index in [4.69, 9.17) is 16.3 Å². The molecule has 1 fully saturated rings. The van der Waals surface area contributed by atoms with Gasteiger partial charge in [-0.1, -0.05) is 53.7 Å². The zero-order valence-corrected chi connectivity index (χ0v) is 16.1. The first kappa shape index (κ1) is 19.3. The van der Waals surface area contributed by atoms with Gasteiger partial charge in [-0.25, -0.2) is 0 Å². The van der Waals surface area contributed by atoms with Crippen LogP contribution in [-0.2, 0) is 16.1 Å². The predicted molar refractivity (Wildman–Crippen MR) is 108 cm³/mol. The van der Waals surface area contributed by atoms with Crippen LogP contribution in [0, 0.1) is 0 Å². The molecule has 1 atom stereocenters. The molecule has 1 unspecified atom stereocenters. The van der Waals surface area contributed by atoms with Crippen molar-refractivity contribution in [2.75, 3.05) is 12.4 Å². The van der Waals surface area contributed by atoms with E-state index < -0.39 is 5.25 Å². The van der Waals surface area contributed by atoms with Crippen LogP contribution >= 0.6 is 23.4 Å². The predicted octanol–water partition coefficient (Wildman–Crippen LogP) is 3.47. The Bertz CT molecular complexity index is 888. The Labute approximate surface area is 166 Å². The summed E-state index contributed by atoms with van der Waals surface area (Å²) in [5.74, 6) is 0.238. The number of amides is 2. The lowest BCUT2D eigenvalue weighted by molar-refractivity contribution is -0.122. The lowest BCUT2D eigenvalue weighted by Crippen LogP contribution is -2.28. The van der Waals surface area contributed by atoms with E-state index in [9.17, 15) is 9.59 Å². The molecule has 2 aromatic carbocycles. The summed E-state index contributed by atoms with van der Waals surface area (Å²) in [5, 5.41) is 5.87. The van der Waals surface area contributed by atoms with Gasteiger partial charge in [0.05, 0.1) is 24.4 Å². The van der Waals surface area contributed by atoms with Crippen LogP contribution in [0.2, 0.25) is 5.02 Å². The van der Waals surface area contributed by atoms with Crippen LogP contribution in [0.3, 0.4) is 0 Å². The minimum atomic E-state index is -0.524. The van der Waals surface area contributed by atoms with Crippen molar-refractivity contribution < 1.29 is 14.3 Å². The Kier molecular flexibility index (Phi) is 6.36. The fourth-order valence-corrected chi connectivity index (χ4v) is 3.69. The molecular weight excluding hydrogens is 386 g/mol. The van der Waals surface area contributed by atoms with Gasteiger partial charge in [0.25, 0.3) is 0 Å². The number of ether oxygens (including phenoxy) is 1. The highest BCUT2D eigenvalue weighted by Crippen LogP contribution is 2.26. The van der Waals surface area contributed by atoms with E-state index in [1.54, 1.807) is 31.4 Å². The molecule has 1 aliphatic heterocycles. The van der Waals surface area contributed by atoms with Crippen molar-refractivity contribution in [3.63, 3.8) is 0 Å². The van der Waals surface area contributed by atoms with Crippen LogP contribution in [0.5, 0.6) is 5.75 Å². The largest absolute Gasteiger partial charge is 0.496 e. The Morgan fingerprint density at radius 2 is 2.00 bits per heavy atom. The third kappa shape index (κ3) is 5.02. The van der Waals surface area contributed by atoms with E-state index in [0.717, 1.165) is 11.3 Å². The van der Waals surface area contributed by atoms with Crippen LogP contribution in [0.15, 0.2) is 53.5 Å². The third-order valence-corrected chi connectivity index (χ3v) is 5.33. The minimum Gasteiger partial charge on any atom is -0.496 e. The first-order chi connectivity index (χ1) is 13.1. The number of para-hydroxylation sites is 2. The molecule has 0 bridgehead atoms. The second-order valence-electron chi connectivity index (χ2n) is 5.76. The topological polar surface area (TPSA) is 79.8 Å². The first-order valence-corrected chi connectivity index (χ1v) is 9.51. The van der Waals surface area contributed by atoms with Crippen LogP contribution < -0.4 is 15.4 Å². The van der Waals surface area contributed by atoms with Gasteiger partial charge in [-0.05, 0) is 18.2 Å². The highest BCUT2D eigenvalue weighted by molar-refractivity contribution is 8.15. The van der Waals surface area contributed by atoms with E-state index in [0.29, 0.717) is 22.4 Å². The molecule has 0 radical (unpaired) electrons. The molecule has 0 aromatic heterocycles. The maximum absolute atomic E-state index is 12.2. The first-order valence-electron chi connectivity index (χ1n) is 8.25. The van der Waals surface area contributed by atoms with Crippen LogP contribution in [0.4, 0.5) is 5.69 Å². The number of hydrogen-bond acceptors (Lipinski definition) is 5. The molecule has 27 heavy (non-hydrogen) atoms. The molecule has 8 heteroatoms. The average Bonchev–Trinajstić information content (AvgIpc) is 3.01.